The number of aliphatic carboxylic acids is 1. The number of hydrogen-bond acceptors (Lipinski definition) is 27. The third kappa shape index (κ3) is 26.4. The van der Waals surface area contributed by atoms with Crippen molar-refractivity contribution in [3.63, 3.8) is 0 Å². The number of carboxylic acid groups (broad SMARTS) is 1. The highest BCUT2D eigenvalue weighted by Gasteiger charge is 2.60. The topological polar surface area (TPSA) is 415 Å². The van der Waals surface area contributed by atoms with Crippen LogP contribution < -0.4 is 40.5 Å². The zero-order valence-electron chi connectivity index (χ0n) is 73.5. The lowest BCUT2D eigenvalue weighted by Gasteiger charge is -2.59. The molecule has 5 spiro atoms. The zero-order valence-corrected chi connectivity index (χ0v) is 75.0. The van der Waals surface area contributed by atoms with E-state index in [1.807, 2.05) is 149 Å². The number of nitrogens with one attached hydrogen (secondary N) is 2. The molecule has 6 aromatic rings. The Labute approximate surface area is 738 Å². The number of rotatable bonds is 18. The highest BCUT2D eigenvalue weighted by atomic mass is 35.5. The maximum absolute atomic E-state index is 12.1. The molecule has 5 aliphatic heterocycles. The van der Waals surface area contributed by atoms with Crippen LogP contribution in [0.15, 0.2) is 97.6 Å². The standard InChI is InChI=1S/C19H26N2O4.C18H21N3O4.C13H21NO4.C12H19NO4.C10H9ClN2O2.C8H13NO2.C7H9NO.C2H6.CH4.ClH/c1-18(2,3)25-17(23)21-12-19(13-21)9-15(10-19)16(22)20-24-11-14-7-5-4-6-8-14;1-24-15-3-12-13(4-16(15)25-2)19-10-20-17(12)21-8-18(9-21)5-11(6-18)14(23)7-22;1-12(2,3)18-11(17)14-7-13(8-14)4-9(5-13)10(16)6-15;1-11(2,3)17-10(16)13-6-12(7-13)4-8(5-12)9(14)15;1-14-8-3-6-7(4-9(8)15-2)12-5-13-10(6)11;10-3-7(11)6-1-8(2-6)4-9-5-8;8-9-6-7-4-2-1-3-5-7;1-2;;/h4-8,15H,9-13H2,1-3H3,(H,20,22);3-4,10-11,22H,5-9H2,1-2H3;9,15H,4-8H2,1-3H3;8H,4-7H2,1-3H3,(H,14,15);3-5H,1-2H3;6,9-10H,1-5H2;1-5H,6,8H2;1-2H3;1H4;1H. The Morgan fingerprint density at radius 3 is 1.15 bits per heavy atom. The summed E-state index contributed by atoms with van der Waals surface area (Å²) in [6.45, 7) is 28.4. The molecule has 0 bridgehead atoms. The van der Waals surface area contributed by atoms with Crippen molar-refractivity contribution in [2.24, 2.45) is 62.6 Å². The first-order chi connectivity index (χ1) is 57.7. The van der Waals surface area contributed by atoms with Gasteiger partial charge in [-0.15, -0.1) is 12.4 Å². The van der Waals surface area contributed by atoms with Gasteiger partial charge in [0, 0.05) is 134 Å². The second-order valence-electron chi connectivity index (χ2n) is 36.6. The summed E-state index contributed by atoms with van der Waals surface area (Å²) < 4.78 is 36.9. The summed E-state index contributed by atoms with van der Waals surface area (Å²) in [7, 11) is 6.36. The van der Waals surface area contributed by atoms with E-state index in [-0.39, 0.29) is 132 Å². The van der Waals surface area contributed by atoms with Crippen LogP contribution in [0.25, 0.3) is 21.8 Å². The average molecular weight is 1770 g/mol. The van der Waals surface area contributed by atoms with E-state index in [0.717, 1.165) is 116 Å². The largest absolute Gasteiger partial charge is 0.493 e. The number of anilines is 1. The molecule has 7 heterocycles. The lowest BCUT2D eigenvalue weighted by atomic mass is 9.56. The molecule has 16 rings (SSSR count). The van der Waals surface area contributed by atoms with Crippen molar-refractivity contribution in [2.45, 2.75) is 178 Å². The van der Waals surface area contributed by atoms with Gasteiger partial charge in [-0.3, -0.25) is 33.6 Å². The number of likely N-dealkylation sites (tertiary alicyclic amines) is 3. The number of benzene rings is 4. The molecule has 4 aromatic carbocycles. The first-order valence-corrected chi connectivity index (χ1v) is 41.9. The number of carbonyl (C=O) groups excluding carboxylic acids is 7. The Hall–Kier alpha value is -9.38. The summed E-state index contributed by atoms with van der Waals surface area (Å²) in [6, 6.07) is 26.8. The van der Waals surface area contributed by atoms with Crippen LogP contribution in [-0.2, 0) is 61.1 Å². The number of aliphatic hydroxyl groups excluding tert-OH is 3. The number of aromatic nitrogens is 4. The van der Waals surface area contributed by atoms with Gasteiger partial charge in [0.1, 0.15) is 60.2 Å². The second-order valence-corrected chi connectivity index (χ2v) is 36.9. The molecule has 2 aromatic heterocycles. The summed E-state index contributed by atoms with van der Waals surface area (Å²) in [4.78, 5) is 126. The SMILES string of the molecule is C.CC.CC(C)(C)OC(=O)N1CC2(CC(C(=O)CO)C2)C1.CC(C)(C)OC(=O)N1CC2(CC(C(=O)NOCc3ccccc3)C2)C1.CC(C)(C)OC(=O)N1CC2(CC(C(=O)O)C2)C1.COc1cc2ncnc(Cl)c2cc1OC.COc1cc2ncnc(N3CC4(CC(C(=O)CO)C4)C3)c2cc1OC.Cl.NOCc1ccccc1.O=C(CO)C1CC2(CNC2)C1. The third-order valence-electron chi connectivity index (χ3n) is 23.4. The molecule has 124 heavy (non-hydrogen) atoms. The third-order valence-corrected chi connectivity index (χ3v) is 23.7. The fraction of sp³-hybridized carbons (Fsp3) is 0.600. The quantitative estimate of drug-likeness (QED) is 0.0239. The first kappa shape index (κ1) is 102. The summed E-state index contributed by atoms with van der Waals surface area (Å²) in [5.74, 6) is 7.36. The van der Waals surface area contributed by atoms with E-state index in [9.17, 15) is 38.4 Å². The lowest BCUT2D eigenvalue weighted by molar-refractivity contribution is -0.159. The maximum Gasteiger partial charge on any atom is 0.410 e. The van der Waals surface area contributed by atoms with Crippen molar-refractivity contribution in [1.82, 2.24) is 45.4 Å². The highest BCUT2D eigenvalue weighted by Crippen LogP contribution is 2.56. The van der Waals surface area contributed by atoms with E-state index >= 15 is 0 Å². The van der Waals surface area contributed by atoms with Gasteiger partial charge < -0.3 is 78.5 Å². The number of carboxylic acids is 1. The first-order valence-electron chi connectivity index (χ1n) is 41.5. The predicted octanol–water partition coefficient (Wildman–Crippen LogP) is 12.2. The molecular formula is C90H129Cl2N11O21. The number of nitrogens with two attached hydrogens (primary N) is 1. The molecular weight excluding hydrogens is 1640 g/mol. The monoisotopic (exact) mass is 1770 g/mol. The number of methoxy groups -OCH3 is 4. The molecule has 10 aliphatic rings. The molecule has 5 aliphatic carbocycles. The maximum atomic E-state index is 12.1. The fourth-order valence-corrected chi connectivity index (χ4v) is 17.4. The molecule has 0 radical (unpaired) electrons. The molecule has 0 atom stereocenters. The van der Waals surface area contributed by atoms with Gasteiger partial charge in [-0.05, 0) is 155 Å². The van der Waals surface area contributed by atoms with Gasteiger partial charge >= 0.3 is 24.2 Å². The number of aliphatic hydroxyl groups is 3. The summed E-state index contributed by atoms with van der Waals surface area (Å²) in [5, 5.41) is 40.4. The van der Waals surface area contributed by atoms with Crippen LogP contribution in [0.1, 0.15) is 159 Å². The Kier molecular flexibility index (Phi) is 35.8. The molecule has 4 amide bonds. The minimum atomic E-state index is -0.716. The van der Waals surface area contributed by atoms with Crippen LogP contribution in [-0.4, -0.2) is 233 Å². The number of Topliss-reactive ketones (excluding diaryl/α,β-unsaturated/α-hetero) is 3. The van der Waals surface area contributed by atoms with E-state index in [1.54, 1.807) is 61.6 Å². The van der Waals surface area contributed by atoms with Crippen molar-refractivity contribution in [2.75, 3.05) is 119 Å². The van der Waals surface area contributed by atoms with Crippen molar-refractivity contribution < 1.29 is 102 Å². The van der Waals surface area contributed by atoms with Gasteiger partial charge in [0.05, 0.1) is 58.6 Å². The Morgan fingerprint density at radius 1 is 0.476 bits per heavy atom. The summed E-state index contributed by atoms with van der Waals surface area (Å²) in [5.41, 5.74) is 5.72. The van der Waals surface area contributed by atoms with Crippen molar-refractivity contribution >= 4 is 99.1 Å². The smallest absolute Gasteiger partial charge is 0.410 e. The molecule has 8 N–H and O–H groups in total. The summed E-state index contributed by atoms with van der Waals surface area (Å²) in [6.07, 6.45) is 10.5. The van der Waals surface area contributed by atoms with Gasteiger partial charge in [-0.1, -0.05) is 93.5 Å². The Bertz CT molecular complexity index is 4540. The fourth-order valence-electron chi connectivity index (χ4n) is 17.2. The number of nitrogens with zero attached hydrogens (tertiary/aromatic N) is 8. The van der Waals surface area contributed by atoms with Crippen LogP contribution >= 0.6 is 24.0 Å². The predicted molar refractivity (Wildman–Crippen MR) is 469 cm³/mol. The number of carbonyl (C=O) groups is 8. The van der Waals surface area contributed by atoms with Gasteiger partial charge in [0.25, 0.3) is 0 Å². The summed E-state index contributed by atoms with van der Waals surface area (Å²) >= 11 is 5.93. The molecule has 684 valence electrons. The second kappa shape index (κ2) is 43.7. The van der Waals surface area contributed by atoms with E-state index in [0.29, 0.717) is 98.9 Å². The molecule has 0 unspecified atom stereocenters. The van der Waals surface area contributed by atoms with Gasteiger partial charge in [0.15, 0.2) is 40.3 Å². The number of ketones is 3. The molecule has 5 saturated heterocycles. The van der Waals surface area contributed by atoms with E-state index in [2.05, 4.69) is 40.5 Å². The van der Waals surface area contributed by atoms with E-state index in [1.165, 1.54) is 6.33 Å². The van der Waals surface area contributed by atoms with Crippen LogP contribution in [0.5, 0.6) is 23.0 Å². The minimum absolute atomic E-state index is 0. The number of fused-ring (bicyclic) bond motifs is 2. The lowest BCUT2D eigenvalue weighted by Crippen LogP contribution is -2.65. The Morgan fingerprint density at radius 2 is 0.806 bits per heavy atom. The number of halogens is 2. The number of ether oxygens (including phenoxy) is 7. The zero-order chi connectivity index (χ0) is 89.3. The average Bonchev–Trinajstić information content (AvgIpc) is 0.781. The van der Waals surface area contributed by atoms with E-state index in [4.69, 9.17) is 75.9 Å². The number of hydroxylamine groups is 1. The number of amides is 4. The van der Waals surface area contributed by atoms with Crippen LogP contribution in [0, 0.1) is 56.7 Å². The highest BCUT2D eigenvalue weighted by molar-refractivity contribution is 6.34. The minimum Gasteiger partial charge on any atom is -0.493 e. The van der Waals surface area contributed by atoms with Gasteiger partial charge in [-0.2, -0.15) is 0 Å². The van der Waals surface area contributed by atoms with Crippen LogP contribution in [0.4, 0.5) is 20.2 Å². The molecule has 34 heteroatoms. The molecule has 32 nitrogen and oxygen atoms in total. The van der Waals surface area contributed by atoms with Crippen molar-refractivity contribution in [1.29, 1.82) is 0 Å². The molecule has 10 fully saturated rings. The van der Waals surface area contributed by atoms with Crippen molar-refractivity contribution in [3.8, 4) is 23.0 Å². The molecule has 5 saturated carbocycles. The van der Waals surface area contributed by atoms with Crippen molar-refractivity contribution in [3.05, 3.63) is 114 Å². The van der Waals surface area contributed by atoms with Gasteiger partial charge in [0.2, 0.25) is 5.91 Å². The normalized spacial score (nSPS) is 18.9. The number of hydrogen-bond donors (Lipinski definition) is 7. The van der Waals surface area contributed by atoms with E-state index < -0.39 is 22.8 Å². The Balaban J connectivity index is 0.000000202. The van der Waals surface area contributed by atoms with Gasteiger partial charge in [-0.25, -0.2) is 45.7 Å². The van der Waals surface area contributed by atoms with Crippen LogP contribution in [0.3, 0.4) is 0 Å². The van der Waals surface area contributed by atoms with Crippen LogP contribution in [0.2, 0.25) is 5.15 Å².